The Hall–Kier alpha value is -1.63. The molecule has 142 valence electrons. The molecule has 3 fully saturated rings. The molecule has 0 radical (unpaired) electrons. The lowest BCUT2D eigenvalue weighted by Crippen LogP contribution is -2.66. The van der Waals surface area contributed by atoms with Crippen molar-refractivity contribution >= 4 is 17.3 Å². The summed E-state index contributed by atoms with van der Waals surface area (Å²) < 4.78 is 11.2. The number of nitrogens with one attached hydrogen (secondary N) is 2. The van der Waals surface area contributed by atoms with E-state index in [9.17, 15) is 4.79 Å². The second-order valence-corrected chi connectivity index (χ2v) is 8.12. The molecule has 1 saturated carbocycles. The van der Waals surface area contributed by atoms with Gasteiger partial charge in [-0.2, -0.15) is 0 Å². The lowest BCUT2D eigenvalue weighted by Gasteiger charge is -2.54. The van der Waals surface area contributed by atoms with E-state index in [1.54, 1.807) is 0 Å². The van der Waals surface area contributed by atoms with E-state index in [2.05, 4.69) is 41.5 Å². The molecule has 4 rings (SSSR count). The highest BCUT2D eigenvalue weighted by Gasteiger charge is 2.59. The largest absolute Gasteiger partial charge is 0.378 e. The van der Waals surface area contributed by atoms with Crippen LogP contribution in [0.3, 0.4) is 0 Å². The molecule has 1 amide bonds. The van der Waals surface area contributed by atoms with Crippen molar-refractivity contribution in [3.05, 3.63) is 24.3 Å². The van der Waals surface area contributed by atoms with Crippen molar-refractivity contribution < 1.29 is 14.3 Å². The number of morpholine rings is 1. The average Bonchev–Trinajstić information content (AvgIpc) is 3.10. The normalized spacial score (nSPS) is 29.8. The molecule has 2 aliphatic heterocycles. The van der Waals surface area contributed by atoms with Gasteiger partial charge in [0, 0.05) is 48.4 Å². The molecule has 2 saturated heterocycles. The average molecular weight is 359 g/mol. The number of hydrogen-bond donors (Lipinski definition) is 2. The predicted molar refractivity (Wildman–Crippen MR) is 102 cm³/mol. The van der Waals surface area contributed by atoms with Crippen LogP contribution in [0.4, 0.5) is 11.4 Å². The van der Waals surface area contributed by atoms with Crippen molar-refractivity contribution in [3.63, 3.8) is 0 Å². The topological polar surface area (TPSA) is 62.8 Å². The zero-order chi connectivity index (χ0) is 18.1. The third kappa shape index (κ3) is 3.33. The first-order valence-corrected chi connectivity index (χ1v) is 9.63. The maximum absolute atomic E-state index is 12.3. The van der Waals surface area contributed by atoms with Gasteiger partial charge in [-0.05, 0) is 30.7 Å². The summed E-state index contributed by atoms with van der Waals surface area (Å²) in [7, 11) is 0. The number of amides is 1. The third-order valence-corrected chi connectivity index (χ3v) is 6.11. The van der Waals surface area contributed by atoms with E-state index in [-0.39, 0.29) is 11.3 Å². The van der Waals surface area contributed by atoms with Crippen molar-refractivity contribution in [2.75, 3.05) is 49.7 Å². The Morgan fingerprint density at radius 2 is 1.92 bits per heavy atom. The van der Waals surface area contributed by atoms with E-state index in [0.29, 0.717) is 24.6 Å². The van der Waals surface area contributed by atoms with Crippen molar-refractivity contribution in [1.29, 1.82) is 0 Å². The number of hydrogen-bond acceptors (Lipinski definition) is 5. The second kappa shape index (κ2) is 7.18. The van der Waals surface area contributed by atoms with Gasteiger partial charge in [0.2, 0.25) is 5.91 Å². The van der Waals surface area contributed by atoms with E-state index in [1.165, 1.54) is 5.69 Å². The third-order valence-electron chi connectivity index (χ3n) is 6.11. The van der Waals surface area contributed by atoms with Crippen molar-refractivity contribution in [2.24, 2.45) is 11.3 Å². The smallest absolute Gasteiger partial charge is 0.238 e. The van der Waals surface area contributed by atoms with E-state index in [4.69, 9.17) is 9.47 Å². The van der Waals surface area contributed by atoms with Gasteiger partial charge in [0.15, 0.2) is 0 Å². The number of benzene rings is 1. The van der Waals surface area contributed by atoms with Gasteiger partial charge in [-0.25, -0.2) is 0 Å². The lowest BCUT2D eigenvalue weighted by atomic mass is 9.57. The van der Waals surface area contributed by atoms with Gasteiger partial charge in [0.25, 0.3) is 0 Å². The highest BCUT2D eigenvalue weighted by atomic mass is 16.5. The quantitative estimate of drug-likeness (QED) is 0.840. The lowest BCUT2D eigenvalue weighted by molar-refractivity contribution is -0.123. The van der Waals surface area contributed by atoms with Gasteiger partial charge in [0.05, 0.1) is 25.9 Å². The highest BCUT2D eigenvalue weighted by molar-refractivity contribution is 5.92. The SMILES string of the molecule is CC1(C)C(NCC(=O)Nc2ccc(N3CCOCC3)cc2)C2CCOC21. The van der Waals surface area contributed by atoms with Gasteiger partial charge in [0.1, 0.15) is 0 Å². The van der Waals surface area contributed by atoms with E-state index in [1.807, 2.05) is 12.1 Å². The van der Waals surface area contributed by atoms with Crippen LogP contribution in [-0.4, -0.2) is 57.5 Å². The van der Waals surface area contributed by atoms with Crippen LogP contribution in [0.1, 0.15) is 20.3 Å². The molecule has 1 aromatic carbocycles. The van der Waals surface area contributed by atoms with Gasteiger partial charge in [-0.15, -0.1) is 0 Å². The minimum atomic E-state index is 0.00212. The van der Waals surface area contributed by atoms with Crippen LogP contribution < -0.4 is 15.5 Å². The summed E-state index contributed by atoms with van der Waals surface area (Å²) in [6.07, 6.45) is 1.44. The summed E-state index contributed by atoms with van der Waals surface area (Å²) in [6.45, 7) is 9.00. The number of rotatable bonds is 5. The summed E-state index contributed by atoms with van der Waals surface area (Å²) >= 11 is 0. The molecule has 26 heavy (non-hydrogen) atoms. The Labute approximate surface area is 155 Å². The molecule has 6 heteroatoms. The van der Waals surface area contributed by atoms with Crippen LogP contribution in [0.5, 0.6) is 0 Å². The minimum Gasteiger partial charge on any atom is -0.378 e. The van der Waals surface area contributed by atoms with Crippen LogP contribution in [-0.2, 0) is 14.3 Å². The first-order chi connectivity index (χ1) is 12.6. The number of carbonyl (C=O) groups excluding carboxylic acids is 1. The second-order valence-electron chi connectivity index (χ2n) is 8.12. The fourth-order valence-corrected chi connectivity index (χ4v) is 4.72. The Morgan fingerprint density at radius 1 is 1.19 bits per heavy atom. The molecule has 0 spiro atoms. The molecule has 6 nitrogen and oxygen atoms in total. The standard InChI is InChI=1S/C20H29N3O3/c1-20(2)18(16-7-10-26-19(16)20)21-13-17(24)22-14-3-5-15(6-4-14)23-8-11-25-12-9-23/h3-6,16,18-19,21H,7-13H2,1-2H3,(H,22,24). The van der Waals surface area contributed by atoms with Crippen molar-refractivity contribution in [1.82, 2.24) is 5.32 Å². The molecular formula is C20H29N3O3. The summed E-state index contributed by atoms with van der Waals surface area (Å²) in [5, 5.41) is 6.44. The predicted octanol–water partition coefficient (Wildman–Crippen LogP) is 1.86. The van der Waals surface area contributed by atoms with Crippen LogP contribution in [0.2, 0.25) is 0 Å². The molecule has 3 aliphatic rings. The number of carbonyl (C=O) groups is 1. The Morgan fingerprint density at radius 3 is 2.65 bits per heavy atom. The highest BCUT2D eigenvalue weighted by Crippen LogP contribution is 2.51. The zero-order valence-corrected chi connectivity index (χ0v) is 15.7. The fraction of sp³-hybridized carbons (Fsp3) is 0.650. The Balaban J connectivity index is 1.27. The molecule has 2 N–H and O–H groups in total. The van der Waals surface area contributed by atoms with Crippen molar-refractivity contribution in [2.45, 2.75) is 32.4 Å². The minimum absolute atomic E-state index is 0.00212. The van der Waals surface area contributed by atoms with Crippen molar-refractivity contribution in [3.8, 4) is 0 Å². The van der Waals surface area contributed by atoms with Crippen LogP contribution in [0, 0.1) is 11.3 Å². The maximum Gasteiger partial charge on any atom is 0.238 e. The number of ether oxygens (including phenoxy) is 2. The van der Waals surface area contributed by atoms with Crippen LogP contribution >= 0.6 is 0 Å². The molecule has 3 atom stereocenters. The first-order valence-electron chi connectivity index (χ1n) is 9.63. The van der Waals surface area contributed by atoms with Gasteiger partial charge in [-0.1, -0.05) is 13.8 Å². The molecule has 3 unspecified atom stereocenters. The summed E-state index contributed by atoms with van der Waals surface area (Å²) in [5.41, 5.74) is 2.11. The molecular weight excluding hydrogens is 330 g/mol. The molecule has 1 aliphatic carbocycles. The molecule has 0 bridgehead atoms. The fourth-order valence-electron chi connectivity index (χ4n) is 4.72. The van der Waals surface area contributed by atoms with Gasteiger partial charge < -0.3 is 25.0 Å². The first kappa shape index (κ1) is 17.8. The van der Waals surface area contributed by atoms with E-state index >= 15 is 0 Å². The van der Waals surface area contributed by atoms with Crippen LogP contribution in [0.15, 0.2) is 24.3 Å². The van der Waals surface area contributed by atoms with E-state index < -0.39 is 0 Å². The number of nitrogens with zero attached hydrogens (tertiary/aromatic N) is 1. The Kier molecular flexibility index (Phi) is 4.90. The molecule has 2 heterocycles. The van der Waals surface area contributed by atoms with Gasteiger partial charge in [-0.3, -0.25) is 4.79 Å². The summed E-state index contributed by atoms with van der Waals surface area (Å²) in [6, 6.07) is 8.41. The monoisotopic (exact) mass is 359 g/mol. The maximum atomic E-state index is 12.3. The Bertz CT molecular complexity index is 640. The zero-order valence-electron chi connectivity index (χ0n) is 15.7. The number of anilines is 2. The molecule has 0 aromatic heterocycles. The van der Waals surface area contributed by atoms with Gasteiger partial charge >= 0.3 is 0 Å². The molecule has 1 aromatic rings. The van der Waals surface area contributed by atoms with Crippen LogP contribution in [0.25, 0.3) is 0 Å². The summed E-state index contributed by atoms with van der Waals surface area (Å²) in [4.78, 5) is 14.6. The summed E-state index contributed by atoms with van der Waals surface area (Å²) in [5.74, 6) is 0.549. The van der Waals surface area contributed by atoms with E-state index in [0.717, 1.165) is 45.0 Å². The number of fused-ring (bicyclic) bond motifs is 1.